The first kappa shape index (κ1) is 36.5. The third-order valence-electron chi connectivity index (χ3n) is 13.2. The van der Waals surface area contributed by atoms with E-state index in [4.69, 9.17) is 4.42 Å². The Morgan fingerprint density at radius 1 is 0.354 bits per heavy atom. The van der Waals surface area contributed by atoms with Crippen molar-refractivity contribution in [3.63, 3.8) is 0 Å². The Kier molecular flexibility index (Phi) is 8.02. The number of furan rings is 1. The van der Waals surface area contributed by atoms with Gasteiger partial charge in [-0.2, -0.15) is 0 Å². The zero-order valence-electron chi connectivity index (χ0n) is 34.9. The van der Waals surface area contributed by atoms with Gasteiger partial charge in [0.25, 0.3) is 0 Å². The van der Waals surface area contributed by atoms with Gasteiger partial charge in [0.1, 0.15) is 11.2 Å². The van der Waals surface area contributed by atoms with Crippen LogP contribution in [0.4, 0.5) is 17.1 Å². The van der Waals surface area contributed by atoms with Crippen molar-refractivity contribution in [1.29, 1.82) is 0 Å². The first-order valence-electron chi connectivity index (χ1n) is 22.0. The highest BCUT2D eigenvalue weighted by Crippen LogP contribution is 2.53. The zero-order valence-corrected chi connectivity index (χ0v) is 36.5. The van der Waals surface area contributed by atoms with Gasteiger partial charge < -0.3 is 13.9 Å². The molecular weight excluding hydrogens is 829 g/mol. The van der Waals surface area contributed by atoms with Crippen LogP contribution in [0, 0.1) is 0 Å². The number of rotatable bonds is 6. The van der Waals surface area contributed by atoms with E-state index in [0.29, 0.717) is 0 Å². The molecule has 0 unspecified atom stereocenters. The van der Waals surface area contributed by atoms with Gasteiger partial charge in [0.15, 0.2) is 0 Å². The van der Waals surface area contributed by atoms with E-state index in [0.717, 1.165) is 61.4 Å². The number of hydrogen-bond donors (Lipinski definition) is 0. The molecule has 0 atom stereocenters. The van der Waals surface area contributed by atoms with Gasteiger partial charge in [-0.3, -0.25) is 0 Å². The molecule has 0 N–H and O–H groups in total. The van der Waals surface area contributed by atoms with E-state index in [9.17, 15) is 0 Å². The summed E-state index contributed by atoms with van der Waals surface area (Å²) in [4.78, 5) is 2.54. The molecule has 0 radical (unpaired) electrons. The van der Waals surface area contributed by atoms with Gasteiger partial charge in [-0.15, -0.1) is 22.7 Å². The summed E-state index contributed by atoms with van der Waals surface area (Å²) in [6.07, 6.45) is 0. The van der Waals surface area contributed by atoms with E-state index in [1.165, 1.54) is 67.7 Å². The molecule has 14 rings (SSSR count). The highest BCUT2D eigenvalue weighted by molar-refractivity contribution is 7.27. The van der Waals surface area contributed by atoms with Crippen LogP contribution in [0.5, 0.6) is 0 Å². The number of fused-ring (bicyclic) bond motifs is 12. The number of benzene rings is 10. The van der Waals surface area contributed by atoms with Crippen LogP contribution in [0.25, 0.3) is 112 Å². The highest BCUT2D eigenvalue weighted by Gasteiger charge is 2.27. The van der Waals surface area contributed by atoms with Gasteiger partial charge in [-0.05, 0) is 66.2 Å². The maximum absolute atomic E-state index is 6.76. The Labute approximate surface area is 381 Å². The molecule has 0 aliphatic rings. The summed E-state index contributed by atoms with van der Waals surface area (Å²) in [7, 11) is 0. The van der Waals surface area contributed by atoms with E-state index >= 15 is 0 Å². The van der Waals surface area contributed by atoms with Crippen LogP contribution >= 0.6 is 22.7 Å². The maximum atomic E-state index is 6.76. The number of thiophene rings is 2. The zero-order chi connectivity index (χ0) is 42.6. The number of para-hydroxylation sites is 5. The summed E-state index contributed by atoms with van der Waals surface area (Å²) in [5, 5.41) is 9.81. The minimum Gasteiger partial charge on any atom is -0.455 e. The van der Waals surface area contributed by atoms with Crippen molar-refractivity contribution >= 4 is 124 Å². The van der Waals surface area contributed by atoms with Gasteiger partial charge in [0.2, 0.25) is 0 Å². The van der Waals surface area contributed by atoms with Crippen molar-refractivity contribution in [2.45, 2.75) is 0 Å². The first-order chi connectivity index (χ1) is 32.3. The predicted octanol–water partition coefficient (Wildman–Crippen LogP) is 18.2. The van der Waals surface area contributed by atoms with Gasteiger partial charge in [-0.1, -0.05) is 158 Å². The molecule has 304 valence electrons. The molecular formula is C60H36N2OS2. The van der Waals surface area contributed by atoms with E-state index < -0.39 is 0 Å². The topological polar surface area (TPSA) is 21.3 Å². The molecule has 0 saturated carbocycles. The van der Waals surface area contributed by atoms with Gasteiger partial charge in [0.05, 0.1) is 32.8 Å². The number of nitrogens with zero attached hydrogens (tertiary/aromatic N) is 2. The Morgan fingerprint density at radius 3 is 1.65 bits per heavy atom. The van der Waals surface area contributed by atoms with E-state index in [-0.39, 0.29) is 0 Å². The summed E-state index contributed by atoms with van der Waals surface area (Å²) in [5.41, 5.74) is 13.2. The third kappa shape index (κ3) is 5.47. The quantitative estimate of drug-likeness (QED) is 0.166. The average Bonchev–Trinajstić information content (AvgIpc) is 4.14. The maximum Gasteiger partial charge on any atom is 0.143 e. The molecule has 0 bridgehead atoms. The average molecular weight is 865 g/mol. The lowest BCUT2D eigenvalue weighted by molar-refractivity contribution is 0.670. The molecule has 0 fully saturated rings. The normalized spacial score (nSPS) is 12.0. The molecule has 14 aromatic rings. The Bertz CT molecular complexity index is 4150. The highest BCUT2D eigenvalue weighted by atomic mass is 32.1. The molecule has 0 aliphatic heterocycles. The van der Waals surface area contributed by atoms with Crippen molar-refractivity contribution in [1.82, 2.24) is 4.57 Å². The van der Waals surface area contributed by atoms with Crippen molar-refractivity contribution in [2.24, 2.45) is 0 Å². The van der Waals surface area contributed by atoms with Crippen LogP contribution in [-0.4, -0.2) is 4.57 Å². The van der Waals surface area contributed by atoms with Crippen molar-refractivity contribution in [3.05, 3.63) is 218 Å². The van der Waals surface area contributed by atoms with Crippen LogP contribution in [0.3, 0.4) is 0 Å². The molecule has 3 nitrogen and oxygen atoms in total. The fourth-order valence-corrected chi connectivity index (χ4v) is 12.8. The largest absolute Gasteiger partial charge is 0.455 e. The van der Waals surface area contributed by atoms with Gasteiger partial charge in [0, 0.05) is 79.6 Å². The fraction of sp³-hybridized carbons (Fsp3) is 0. The SMILES string of the molecule is c1ccc(N(c2ccc3c(sc4ccccc43)c2-c2ccc(-n3c4ccccc4c4ccccc43)cc2)c2cccc3c2sc2ccccc23)c(-c2cccc3c2oc2ccccc23)c1. The van der Waals surface area contributed by atoms with E-state index in [2.05, 4.69) is 222 Å². The summed E-state index contributed by atoms with van der Waals surface area (Å²) in [6, 6.07) is 79.7. The molecule has 0 spiro atoms. The van der Waals surface area contributed by atoms with Crippen molar-refractivity contribution < 1.29 is 4.42 Å². The molecule has 10 aromatic carbocycles. The lowest BCUT2D eigenvalue weighted by atomic mass is 9.96. The third-order valence-corrected chi connectivity index (χ3v) is 15.6. The minimum absolute atomic E-state index is 0.890. The Hall–Kier alpha value is -7.96. The van der Waals surface area contributed by atoms with Crippen LogP contribution in [0.2, 0.25) is 0 Å². The van der Waals surface area contributed by atoms with E-state index in [1.54, 1.807) is 0 Å². The summed E-state index contributed by atoms with van der Waals surface area (Å²) in [5.74, 6) is 0. The predicted molar refractivity (Wildman–Crippen MR) is 279 cm³/mol. The standard InChI is InChI=1S/C60H36N2OS2/c1-7-24-49-39(15-1)40-16-2-8-25-50(40)61(49)38-33-31-37(32-34-38)57-52(36-35-48-44-20-6-12-30-56(44)65-60(48)57)62(53-27-14-23-47-43-19-5-11-29-55(43)64-59(47)53)51-26-9-3-17-41(51)45-21-13-22-46-42-18-4-10-28-54(42)63-58(45)46/h1-36H. The van der Waals surface area contributed by atoms with Crippen LogP contribution in [-0.2, 0) is 0 Å². The Balaban J connectivity index is 1.07. The summed E-state index contributed by atoms with van der Waals surface area (Å²) < 4.78 is 14.2. The second kappa shape index (κ2) is 14.3. The smallest absolute Gasteiger partial charge is 0.143 e. The first-order valence-corrected chi connectivity index (χ1v) is 23.6. The second-order valence-electron chi connectivity index (χ2n) is 16.7. The van der Waals surface area contributed by atoms with E-state index in [1.807, 2.05) is 28.7 Å². The second-order valence-corrected chi connectivity index (χ2v) is 18.8. The Morgan fingerprint density at radius 2 is 0.892 bits per heavy atom. The molecule has 4 aromatic heterocycles. The lowest BCUT2D eigenvalue weighted by Gasteiger charge is -2.30. The molecule has 0 aliphatic carbocycles. The van der Waals surface area contributed by atoms with Gasteiger partial charge >= 0.3 is 0 Å². The fourth-order valence-electron chi connectivity index (χ4n) is 10.4. The van der Waals surface area contributed by atoms with Crippen LogP contribution in [0.15, 0.2) is 223 Å². The minimum atomic E-state index is 0.890. The molecule has 0 amide bonds. The van der Waals surface area contributed by atoms with Crippen LogP contribution in [0.1, 0.15) is 0 Å². The lowest BCUT2D eigenvalue weighted by Crippen LogP contribution is -2.12. The number of hydrogen-bond acceptors (Lipinski definition) is 4. The number of anilines is 3. The number of aromatic nitrogens is 1. The van der Waals surface area contributed by atoms with Crippen molar-refractivity contribution in [2.75, 3.05) is 4.90 Å². The molecule has 5 heteroatoms. The molecule has 4 heterocycles. The van der Waals surface area contributed by atoms with Gasteiger partial charge in [-0.25, -0.2) is 0 Å². The van der Waals surface area contributed by atoms with Crippen LogP contribution < -0.4 is 4.90 Å². The molecule has 65 heavy (non-hydrogen) atoms. The molecule has 0 saturated heterocycles. The summed E-state index contributed by atoms with van der Waals surface area (Å²) in [6.45, 7) is 0. The summed E-state index contributed by atoms with van der Waals surface area (Å²) >= 11 is 3.74. The van der Waals surface area contributed by atoms with Crippen molar-refractivity contribution in [3.8, 4) is 27.9 Å². The monoisotopic (exact) mass is 864 g/mol.